The van der Waals surface area contributed by atoms with Crippen LogP contribution in [0, 0.1) is 5.92 Å². The van der Waals surface area contributed by atoms with E-state index in [9.17, 15) is 4.79 Å². The number of amides is 1. The second kappa shape index (κ2) is 4.84. The molecular formula is C11H22N2O2. The summed E-state index contributed by atoms with van der Waals surface area (Å²) in [5.74, 6) is 0.513. The molecule has 88 valence electrons. The van der Waals surface area contributed by atoms with E-state index in [1.807, 2.05) is 20.8 Å². The number of piperidine rings is 1. The van der Waals surface area contributed by atoms with E-state index >= 15 is 0 Å². The minimum atomic E-state index is -0.421. The lowest BCUT2D eigenvalue weighted by atomic mass is 9.95. The number of rotatable bonds is 1. The third kappa shape index (κ3) is 4.51. The van der Waals surface area contributed by atoms with Crippen molar-refractivity contribution in [2.75, 3.05) is 13.1 Å². The Morgan fingerprint density at radius 3 is 2.67 bits per heavy atom. The summed E-state index contributed by atoms with van der Waals surface area (Å²) in [5, 5.41) is 6.16. The quantitative estimate of drug-likeness (QED) is 0.695. The maximum atomic E-state index is 11.5. The number of hydrogen-bond donors (Lipinski definition) is 2. The molecule has 1 unspecified atom stereocenters. The second-order valence-corrected chi connectivity index (χ2v) is 5.22. The summed E-state index contributed by atoms with van der Waals surface area (Å²) >= 11 is 0. The molecule has 1 rings (SSSR count). The van der Waals surface area contributed by atoms with Gasteiger partial charge in [0.1, 0.15) is 5.60 Å². The van der Waals surface area contributed by atoms with Crippen molar-refractivity contribution in [2.45, 2.75) is 45.8 Å². The fourth-order valence-corrected chi connectivity index (χ4v) is 1.64. The first-order valence-corrected chi connectivity index (χ1v) is 5.59. The molecule has 1 heterocycles. The van der Waals surface area contributed by atoms with Gasteiger partial charge in [0.15, 0.2) is 0 Å². The van der Waals surface area contributed by atoms with Crippen molar-refractivity contribution in [2.24, 2.45) is 5.92 Å². The van der Waals surface area contributed by atoms with Crippen LogP contribution in [0.4, 0.5) is 4.79 Å². The summed E-state index contributed by atoms with van der Waals surface area (Å²) in [6.45, 7) is 9.64. The zero-order valence-corrected chi connectivity index (χ0v) is 10.1. The Balaban J connectivity index is 2.36. The van der Waals surface area contributed by atoms with Gasteiger partial charge in [-0.2, -0.15) is 0 Å². The van der Waals surface area contributed by atoms with Gasteiger partial charge >= 0.3 is 6.09 Å². The van der Waals surface area contributed by atoms with E-state index in [2.05, 4.69) is 17.6 Å². The maximum Gasteiger partial charge on any atom is 0.407 e. The molecule has 0 bridgehead atoms. The van der Waals surface area contributed by atoms with Gasteiger partial charge in [-0.05, 0) is 39.7 Å². The van der Waals surface area contributed by atoms with E-state index in [1.54, 1.807) is 0 Å². The third-order valence-corrected chi connectivity index (χ3v) is 2.53. The number of hydrogen-bond acceptors (Lipinski definition) is 3. The molecule has 1 aliphatic rings. The molecule has 4 nitrogen and oxygen atoms in total. The van der Waals surface area contributed by atoms with Crippen molar-refractivity contribution in [1.29, 1.82) is 0 Å². The minimum absolute atomic E-state index is 0.189. The van der Waals surface area contributed by atoms with Crippen molar-refractivity contribution < 1.29 is 9.53 Å². The smallest absolute Gasteiger partial charge is 0.407 e. The van der Waals surface area contributed by atoms with Gasteiger partial charge in [-0.15, -0.1) is 0 Å². The van der Waals surface area contributed by atoms with E-state index in [4.69, 9.17) is 4.74 Å². The Morgan fingerprint density at radius 2 is 2.13 bits per heavy atom. The van der Waals surface area contributed by atoms with Gasteiger partial charge in [0, 0.05) is 12.6 Å². The maximum absolute atomic E-state index is 11.5. The molecule has 1 amide bonds. The molecule has 4 heteroatoms. The first-order chi connectivity index (χ1) is 6.88. The molecule has 0 aliphatic carbocycles. The van der Waals surface area contributed by atoms with E-state index < -0.39 is 5.60 Å². The van der Waals surface area contributed by atoms with Crippen LogP contribution < -0.4 is 10.6 Å². The van der Waals surface area contributed by atoms with E-state index in [0.717, 1.165) is 19.5 Å². The van der Waals surface area contributed by atoms with Crippen molar-refractivity contribution >= 4 is 6.09 Å². The van der Waals surface area contributed by atoms with Gasteiger partial charge < -0.3 is 15.4 Å². The molecule has 0 spiro atoms. The highest BCUT2D eigenvalue weighted by Crippen LogP contribution is 2.12. The number of ether oxygens (including phenoxy) is 1. The topological polar surface area (TPSA) is 50.4 Å². The molecule has 0 aromatic carbocycles. The predicted molar refractivity (Wildman–Crippen MR) is 59.8 cm³/mol. The van der Waals surface area contributed by atoms with Crippen LogP contribution in [0.2, 0.25) is 0 Å². The Labute approximate surface area is 91.8 Å². The standard InChI is InChI=1S/C11H22N2O2/c1-8-5-6-12-7-9(8)13-10(14)15-11(2,3)4/h8-9,12H,5-7H2,1-4H3,(H,13,14)/t8-,9?/m1/s1. The molecule has 0 aromatic heterocycles. The summed E-state index contributed by atoms with van der Waals surface area (Å²) in [7, 11) is 0. The summed E-state index contributed by atoms with van der Waals surface area (Å²) < 4.78 is 5.21. The van der Waals surface area contributed by atoms with Gasteiger partial charge in [-0.1, -0.05) is 6.92 Å². The SMILES string of the molecule is C[C@@H]1CCNCC1NC(=O)OC(C)(C)C. The number of carbonyl (C=O) groups is 1. The predicted octanol–water partition coefficient (Wildman–Crippen LogP) is 1.51. The average molecular weight is 214 g/mol. The summed E-state index contributed by atoms with van der Waals surface area (Å²) in [5.41, 5.74) is -0.421. The van der Waals surface area contributed by atoms with E-state index in [0.29, 0.717) is 5.92 Å². The molecule has 15 heavy (non-hydrogen) atoms. The highest BCUT2D eigenvalue weighted by Gasteiger charge is 2.25. The van der Waals surface area contributed by atoms with Gasteiger partial charge in [0.25, 0.3) is 0 Å². The van der Waals surface area contributed by atoms with Crippen LogP contribution >= 0.6 is 0 Å². The Hall–Kier alpha value is -0.770. The van der Waals surface area contributed by atoms with Crippen molar-refractivity contribution in [3.8, 4) is 0 Å². The van der Waals surface area contributed by atoms with Crippen LogP contribution in [0.1, 0.15) is 34.1 Å². The first kappa shape index (κ1) is 12.3. The molecule has 1 aliphatic heterocycles. The van der Waals surface area contributed by atoms with Crippen molar-refractivity contribution in [3.05, 3.63) is 0 Å². The van der Waals surface area contributed by atoms with Crippen LogP contribution in [0.25, 0.3) is 0 Å². The zero-order valence-electron chi connectivity index (χ0n) is 10.1. The first-order valence-electron chi connectivity index (χ1n) is 5.59. The summed E-state index contributed by atoms with van der Waals surface area (Å²) in [4.78, 5) is 11.5. The van der Waals surface area contributed by atoms with Gasteiger partial charge in [-0.3, -0.25) is 0 Å². The zero-order chi connectivity index (χ0) is 11.5. The monoisotopic (exact) mass is 214 g/mol. The molecule has 2 atom stereocenters. The van der Waals surface area contributed by atoms with Crippen molar-refractivity contribution in [3.63, 3.8) is 0 Å². The molecule has 1 fully saturated rings. The lowest BCUT2D eigenvalue weighted by Gasteiger charge is -2.31. The largest absolute Gasteiger partial charge is 0.444 e. The average Bonchev–Trinajstić information content (AvgIpc) is 2.05. The van der Waals surface area contributed by atoms with Crippen LogP contribution in [0.3, 0.4) is 0 Å². The Bertz CT molecular complexity index is 223. The summed E-state index contributed by atoms with van der Waals surface area (Å²) in [6, 6.07) is 0.189. The fraction of sp³-hybridized carbons (Fsp3) is 0.909. The molecule has 0 aromatic rings. The van der Waals surface area contributed by atoms with Crippen LogP contribution in [0.15, 0.2) is 0 Å². The highest BCUT2D eigenvalue weighted by molar-refractivity contribution is 5.68. The molecule has 1 saturated heterocycles. The van der Waals surface area contributed by atoms with Crippen LogP contribution in [0.5, 0.6) is 0 Å². The van der Waals surface area contributed by atoms with Gasteiger partial charge in [-0.25, -0.2) is 4.79 Å². The fourth-order valence-electron chi connectivity index (χ4n) is 1.64. The Kier molecular flexibility index (Phi) is 3.97. The van der Waals surface area contributed by atoms with E-state index in [-0.39, 0.29) is 12.1 Å². The van der Waals surface area contributed by atoms with Crippen LogP contribution in [-0.2, 0) is 4.74 Å². The Morgan fingerprint density at radius 1 is 1.47 bits per heavy atom. The minimum Gasteiger partial charge on any atom is -0.444 e. The lowest BCUT2D eigenvalue weighted by Crippen LogP contribution is -2.51. The molecule has 2 N–H and O–H groups in total. The van der Waals surface area contributed by atoms with Gasteiger partial charge in [0.2, 0.25) is 0 Å². The third-order valence-electron chi connectivity index (χ3n) is 2.53. The molecule has 0 radical (unpaired) electrons. The van der Waals surface area contributed by atoms with E-state index in [1.165, 1.54) is 0 Å². The van der Waals surface area contributed by atoms with Crippen LogP contribution in [-0.4, -0.2) is 30.8 Å². The highest BCUT2D eigenvalue weighted by atomic mass is 16.6. The number of alkyl carbamates (subject to hydrolysis) is 1. The summed E-state index contributed by atoms with van der Waals surface area (Å²) in [6.07, 6.45) is 0.781. The normalized spacial score (nSPS) is 27.2. The number of nitrogens with one attached hydrogen (secondary N) is 2. The molecule has 0 saturated carbocycles. The van der Waals surface area contributed by atoms with Gasteiger partial charge in [0.05, 0.1) is 0 Å². The second-order valence-electron chi connectivity index (χ2n) is 5.22. The van der Waals surface area contributed by atoms with Crippen molar-refractivity contribution in [1.82, 2.24) is 10.6 Å². The number of carbonyl (C=O) groups excluding carboxylic acids is 1. The molecular weight excluding hydrogens is 192 g/mol. The lowest BCUT2D eigenvalue weighted by molar-refractivity contribution is 0.0479.